The van der Waals surface area contributed by atoms with Gasteiger partial charge in [0.05, 0.1) is 0 Å². The van der Waals surface area contributed by atoms with E-state index in [0.29, 0.717) is 29.9 Å². The normalized spacial score (nSPS) is 11.0. The fraction of sp³-hybridized carbons (Fsp3) is 0.200. The number of hydrogen-bond acceptors (Lipinski definition) is 6. The van der Waals surface area contributed by atoms with Gasteiger partial charge in [0.25, 0.3) is 0 Å². The first kappa shape index (κ1) is 16.2. The highest BCUT2D eigenvalue weighted by Crippen LogP contribution is 2.22. The SMILES string of the molecule is Cc1ccc(-c2noc(Cc3nnc(-c4cc(C)cc(C)c4)o3)n2)cc1. The van der Waals surface area contributed by atoms with Crippen molar-refractivity contribution in [3.05, 3.63) is 70.9 Å². The maximum atomic E-state index is 5.76. The quantitative estimate of drug-likeness (QED) is 0.548. The largest absolute Gasteiger partial charge is 0.420 e. The molecule has 0 aliphatic heterocycles. The van der Waals surface area contributed by atoms with Crippen LogP contribution >= 0.6 is 0 Å². The van der Waals surface area contributed by atoms with Crippen molar-refractivity contribution in [1.82, 2.24) is 20.3 Å². The average Bonchev–Trinajstić information content (AvgIpc) is 3.25. The molecular weight excluding hydrogens is 328 g/mol. The van der Waals surface area contributed by atoms with Crippen LogP contribution in [0.2, 0.25) is 0 Å². The summed E-state index contributed by atoms with van der Waals surface area (Å²) in [5.74, 6) is 1.92. The molecule has 2 aromatic carbocycles. The highest BCUT2D eigenvalue weighted by Gasteiger charge is 2.14. The van der Waals surface area contributed by atoms with Crippen molar-refractivity contribution in [2.75, 3.05) is 0 Å². The molecule has 4 aromatic rings. The van der Waals surface area contributed by atoms with Crippen molar-refractivity contribution in [2.45, 2.75) is 27.2 Å². The summed E-state index contributed by atoms with van der Waals surface area (Å²) < 4.78 is 11.1. The Morgan fingerprint density at radius 3 is 2.23 bits per heavy atom. The van der Waals surface area contributed by atoms with Crippen LogP contribution < -0.4 is 0 Å². The first-order valence-electron chi connectivity index (χ1n) is 8.37. The van der Waals surface area contributed by atoms with Crippen molar-refractivity contribution in [2.24, 2.45) is 0 Å². The zero-order valence-electron chi connectivity index (χ0n) is 14.9. The highest BCUT2D eigenvalue weighted by molar-refractivity contribution is 5.56. The minimum absolute atomic E-state index is 0.302. The molecule has 0 bridgehead atoms. The molecule has 6 heteroatoms. The van der Waals surface area contributed by atoms with Crippen LogP contribution in [0.4, 0.5) is 0 Å². The summed E-state index contributed by atoms with van der Waals surface area (Å²) in [6.07, 6.45) is 0.302. The summed E-state index contributed by atoms with van der Waals surface area (Å²) in [6.45, 7) is 6.12. The van der Waals surface area contributed by atoms with Crippen LogP contribution in [0.5, 0.6) is 0 Å². The Morgan fingerprint density at radius 2 is 1.50 bits per heavy atom. The second-order valence-electron chi connectivity index (χ2n) is 6.43. The fourth-order valence-corrected chi connectivity index (χ4v) is 2.82. The van der Waals surface area contributed by atoms with Crippen LogP contribution in [-0.2, 0) is 6.42 Å². The lowest BCUT2D eigenvalue weighted by Crippen LogP contribution is -1.89. The molecule has 0 saturated carbocycles. The molecular formula is C20H18N4O2. The van der Waals surface area contributed by atoms with Crippen LogP contribution in [0.15, 0.2) is 51.4 Å². The fourth-order valence-electron chi connectivity index (χ4n) is 2.82. The molecule has 0 radical (unpaired) electrons. The molecule has 0 aliphatic carbocycles. The smallest absolute Gasteiger partial charge is 0.247 e. The van der Waals surface area contributed by atoms with E-state index in [4.69, 9.17) is 8.94 Å². The predicted molar refractivity (Wildman–Crippen MR) is 96.5 cm³/mol. The van der Waals surface area contributed by atoms with Gasteiger partial charge in [-0.25, -0.2) is 0 Å². The first-order chi connectivity index (χ1) is 12.6. The molecule has 26 heavy (non-hydrogen) atoms. The van der Waals surface area contributed by atoms with Crippen LogP contribution in [0.3, 0.4) is 0 Å². The summed E-state index contributed by atoms with van der Waals surface area (Å²) >= 11 is 0. The third-order valence-corrected chi connectivity index (χ3v) is 4.02. The van der Waals surface area contributed by atoms with Crippen molar-refractivity contribution < 1.29 is 8.94 Å². The third kappa shape index (κ3) is 3.39. The van der Waals surface area contributed by atoms with E-state index >= 15 is 0 Å². The minimum Gasteiger partial charge on any atom is -0.420 e. The number of nitrogens with zero attached hydrogens (tertiary/aromatic N) is 4. The second-order valence-corrected chi connectivity index (χ2v) is 6.43. The highest BCUT2D eigenvalue weighted by atomic mass is 16.5. The average molecular weight is 346 g/mol. The van der Waals surface area contributed by atoms with E-state index < -0.39 is 0 Å². The lowest BCUT2D eigenvalue weighted by molar-refractivity contribution is 0.374. The Balaban J connectivity index is 1.53. The summed E-state index contributed by atoms with van der Waals surface area (Å²) in [5.41, 5.74) is 5.31. The van der Waals surface area contributed by atoms with Gasteiger partial charge in [-0.1, -0.05) is 52.2 Å². The van der Waals surface area contributed by atoms with E-state index in [1.54, 1.807) is 0 Å². The third-order valence-electron chi connectivity index (χ3n) is 4.02. The van der Waals surface area contributed by atoms with Gasteiger partial charge in [0.2, 0.25) is 23.5 Å². The van der Waals surface area contributed by atoms with E-state index in [0.717, 1.165) is 22.3 Å². The van der Waals surface area contributed by atoms with Gasteiger partial charge >= 0.3 is 0 Å². The molecule has 0 spiro atoms. The Hall–Kier alpha value is -3.28. The van der Waals surface area contributed by atoms with Gasteiger partial charge in [-0.2, -0.15) is 4.98 Å². The zero-order chi connectivity index (χ0) is 18.1. The standard InChI is InChI=1S/C20H18N4O2/c1-12-4-6-15(7-5-12)19-21-17(26-24-19)11-18-22-23-20(25-18)16-9-13(2)8-14(3)10-16/h4-10H,11H2,1-3H3. The van der Waals surface area contributed by atoms with Crippen molar-refractivity contribution in [3.8, 4) is 22.8 Å². The van der Waals surface area contributed by atoms with Gasteiger partial charge in [-0.3, -0.25) is 0 Å². The molecule has 0 amide bonds. The van der Waals surface area contributed by atoms with Crippen LogP contribution in [0.1, 0.15) is 28.5 Å². The van der Waals surface area contributed by atoms with Gasteiger partial charge in [-0.15, -0.1) is 10.2 Å². The monoisotopic (exact) mass is 346 g/mol. The molecule has 0 fully saturated rings. The summed E-state index contributed by atoms with van der Waals surface area (Å²) in [7, 11) is 0. The topological polar surface area (TPSA) is 77.8 Å². The van der Waals surface area contributed by atoms with Crippen molar-refractivity contribution in [3.63, 3.8) is 0 Å². The lowest BCUT2D eigenvalue weighted by atomic mass is 10.1. The predicted octanol–water partition coefficient (Wildman–Crippen LogP) is 4.30. The van der Waals surface area contributed by atoms with Gasteiger partial charge in [0.15, 0.2) is 0 Å². The molecule has 0 atom stereocenters. The molecule has 6 nitrogen and oxygen atoms in total. The number of benzene rings is 2. The molecule has 130 valence electrons. The molecule has 2 aromatic heterocycles. The minimum atomic E-state index is 0.302. The molecule has 2 heterocycles. The Labute approximate surface area is 150 Å². The van der Waals surface area contributed by atoms with E-state index in [9.17, 15) is 0 Å². The second kappa shape index (κ2) is 6.55. The van der Waals surface area contributed by atoms with Crippen molar-refractivity contribution >= 4 is 0 Å². The number of aryl methyl sites for hydroxylation is 3. The first-order valence-corrected chi connectivity index (χ1v) is 8.37. The molecule has 4 rings (SSSR count). The van der Waals surface area contributed by atoms with E-state index in [2.05, 4.69) is 26.4 Å². The molecule has 0 unspecified atom stereocenters. The van der Waals surface area contributed by atoms with Gasteiger partial charge in [-0.05, 0) is 32.9 Å². The molecule has 0 saturated heterocycles. The number of rotatable bonds is 4. The Bertz CT molecular complexity index is 1030. The number of hydrogen-bond donors (Lipinski definition) is 0. The van der Waals surface area contributed by atoms with E-state index in [-0.39, 0.29) is 0 Å². The summed E-state index contributed by atoms with van der Waals surface area (Å²) in [6, 6.07) is 14.1. The summed E-state index contributed by atoms with van der Waals surface area (Å²) in [5, 5.41) is 12.3. The van der Waals surface area contributed by atoms with Crippen LogP contribution in [-0.4, -0.2) is 20.3 Å². The van der Waals surface area contributed by atoms with E-state index in [1.165, 1.54) is 5.56 Å². The Kier molecular flexibility index (Phi) is 4.08. The maximum Gasteiger partial charge on any atom is 0.247 e. The van der Waals surface area contributed by atoms with Crippen LogP contribution in [0, 0.1) is 20.8 Å². The molecule has 0 N–H and O–H groups in total. The Morgan fingerprint density at radius 1 is 0.769 bits per heavy atom. The summed E-state index contributed by atoms with van der Waals surface area (Å²) in [4.78, 5) is 4.41. The molecule has 0 aliphatic rings. The van der Waals surface area contributed by atoms with E-state index in [1.807, 2.05) is 57.2 Å². The van der Waals surface area contributed by atoms with Crippen LogP contribution in [0.25, 0.3) is 22.8 Å². The van der Waals surface area contributed by atoms with Gasteiger partial charge in [0, 0.05) is 11.1 Å². The van der Waals surface area contributed by atoms with Gasteiger partial charge < -0.3 is 8.94 Å². The number of aromatic nitrogens is 4. The van der Waals surface area contributed by atoms with Crippen molar-refractivity contribution in [1.29, 1.82) is 0 Å². The van der Waals surface area contributed by atoms with Gasteiger partial charge in [0.1, 0.15) is 6.42 Å². The lowest BCUT2D eigenvalue weighted by Gasteiger charge is -1.99. The zero-order valence-corrected chi connectivity index (χ0v) is 14.9. The maximum absolute atomic E-state index is 5.76.